The Balaban J connectivity index is 0.809. The molecule has 6 rings (SSSR count). The molecule has 5 aromatic rings. The molecule has 0 aliphatic carbocycles. The zero-order valence-electron chi connectivity index (χ0n) is 48.4. The van der Waals surface area contributed by atoms with Gasteiger partial charge in [-0.05, 0) is 72.9 Å². The molecule has 10 N–H and O–H groups in total. The number of aliphatic hydroxyl groups is 1. The molecule has 3 heterocycles. The van der Waals surface area contributed by atoms with Crippen molar-refractivity contribution in [3.63, 3.8) is 0 Å². The number of H-pyrrole nitrogens is 1. The SMILES string of the molecule is C=C(O)CN1CCN(CC(=O)O)CCN(CC(=O)NCCCOCCOCCOCCCNS(=O)(=O)c2ccc(-c3ccc(S(=O)(=O)NC(CNC(=O)c4ccc5c(cnn5CCCNc5ncc[nH]5)c4)C(=O)O)cc3)cc2)CCN(CC(=O)O)CC1. The Hall–Kier alpha value is -7.43. The summed E-state index contributed by atoms with van der Waals surface area (Å²) < 4.78 is 75.9. The summed E-state index contributed by atoms with van der Waals surface area (Å²) >= 11 is 0. The number of hydrogen-bond acceptors (Lipinski definition) is 20. The third-order valence-corrected chi connectivity index (χ3v) is 16.6. The molecule has 2 aromatic heterocycles. The van der Waals surface area contributed by atoms with E-state index in [9.17, 15) is 61.2 Å². The first-order valence-electron chi connectivity index (χ1n) is 28.4. The van der Waals surface area contributed by atoms with Crippen molar-refractivity contribution in [2.45, 2.75) is 41.6 Å². The number of aliphatic hydroxyl groups excluding tert-OH is 1. The lowest BCUT2D eigenvalue weighted by Crippen LogP contribution is -2.49. The molecule has 1 atom stereocenters. The number of aromatic nitrogens is 4. The molecule has 476 valence electrons. The van der Waals surface area contributed by atoms with Gasteiger partial charge in [0.1, 0.15) is 6.04 Å². The summed E-state index contributed by atoms with van der Waals surface area (Å²) in [6.07, 6.45) is 6.67. The maximum absolute atomic E-state index is 13.3. The first-order chi connectivity index (χ1) is 41.7. The van der Waals surface area contributed by atoms with Crippen LogP contribution >= 0.6 is 0 Å². The molecule has 2 amide bonds. The Labute approximate surface area is 505 Å². The number of aliphatic carboxylic acids is 3. The number of imidazole rings is 1. The molecule has 0 saturated carbocycles. The van der Waals surface area contributed by atoms with Crippen molar-refractivity contribution in [2.24, 2.45) is 0 Å². The van der Waals surface area contributed by atoms with Gasteiger partial charge in [-0.2, -0.15) is 9.82 Å². The van der Waals surface area contributed by atoms with E-state index in [1.54, 1.807) is 63.4 Å². The third kappa shape index (κ3) is 24.3. The van der Waals surface area contributed by atoms with Crippen molar-refractivity contribution in [1.82, 2.24) is 59.4 Å². The van der Waals surface area contributed by atoms with E-state index >= 15 is 0 Å². The first-order valence-corrected chi connectivity index (χ1v) is 31.3. The standard InChI is InChI=1S/C56H79N13O16S2/c1-42(70)38-65-21-25-67(40-52(72)73)27-23-66(24-28-68(26-22-65)41-53(74)75)39-51(71)57-16-3-29-83-31-33-85-34-32-84-30-4-17-63-86(79,80)47-10-5-43(6-11-47)44-7-12-48(13-8-44)87(81,82)64-49(55(77)78)37-61-54(76)45-9-14-50-46(35-45)36-62-69(50)20-2-15-58-56-59-18-19-60-56/h5-14,18-19,35-36,49,63-64,70H,1-4,15-17,20-34,37-41H2,(H,57,71)(H,61,76)(H,72,73)(H,74,75)(H,77,78)(H2,58,59,60). The largest absolute Gasteiger partial charge is 0.512 e. The number of carboxylic acids is 3. The molecule has 31 heteroatoms. The van der Waals surface area contributed by atoms with Gasteiger partial charge in [0.15, 0.2) is 5.95 Å². The highest BCUT2D eigenvalue weighted by molar-refractivity contribution is 7.89. The molecular weight excluding hydrogens is 1170 g/mol. The van der Waals surface area contributed by atoms with Crippen LogP contribution in [0.15, 0.2) is 107 Å². The number of aryl methyl sites for hydroxylation is 1. The van der Waals surface area contributed by atoms with Crippen molar-refractivity contribution < 1.29 is 75.4 Å². The molecular formula is C56H79N13O16S2. The fourth-order valence-corrected chi connectivity index (χ4v) is 11.4. The Bertz CT molecular complexity index is 3190. The summed E-state index contributed by atoms with van der Waals surface area (Å²) in [7, 11) is -8.24. The normalized spacial score (nSPS) is 14.9. The van der Waals surface area contributed by atoms with Gasteiger partial charge >= 0.3 is 17.9 Å². The number of hydrogen-bond donors (Lipinski definition) is 10. The van der Waals surface area contributed by atoms with Crippen LogP contribution in [0.1, 0.15) is 29.6 Å². The first kappa shape index (κ1) is 68.7. The van der Waals surface area contributed by atoms with Gasteiger partial charge in [0, 0.05) is 122 Å². The third-order valence-electron chi connectivity index (χ3n) is 13.7. The van der Waals surface area contributed by atoms with E-state index in [4.69, 9.17) is 14.2 Å². The van der Waals surface area contributed by atoms with Crippen LogP contribution in [0.4, 0.5) is 5.95 Å². The molecule has 0 spiro atoms. The van der Waals surface area contributed by atoms with Crippen molar-refractivity contribution in [1.29, 1.82) is 0 Å². The fourth-order valence-electron chi connectivity index (χ4n) is 9.11. The van der Waals surface area contributed by atoms with E-state index in [0.29, 0.717) is 134 Å². The maximum Gasteiger partial charge on any atom is 0.323 e. The highest BCUT2D eigenvalue weighted by Gasteiger charge is 2.27. The Morgan fingerprint density at radius 3 is 1.68 bits per heavy atom. The number of nitrogens with one attached hydrogen (secondary N) is 6. The van der Waals surface area contributed by atoms with Crippen LogP contribution in [0.25, 0.3) is 22.0 Å². The Kier molecular flexibility index (Phi) is 27.9. The summed E-state index contributed by atoms with van der Waals surface area (Å²) in [5.74, 6) is -3.68. The van der Waals surface area contributed by atoms with E-state index < -0.39 is 56.4 Å². The summed E-state index contributed by atoms with van der Waals surface area (Å²) in [5.41, 5.74) is 2.18. The topological polar surface area (TPSA) is 382 Å². The number of anilines is 1. The monoisotopic (exact) mass is 1250 g/mol. The number of nitrogens with zero attached hydrogens (tertiary/aromatic N) is 7. The van der Waals surface area contributed by atoms with Crippen LogP contribution in [0, 0.1) is 0 Å². The Morgan fingerprint density at radius 2 is 1.15 bits per heavy atom. The lowest BCUT2D eigenvalue weighted by atomic mass is 10.1. The summed E-state index contributed by atoms with van der Waals surface area (Å²) in [6.45, 7) is 9.52. The van der Waals surface area contributed by atoms with Crippen molar-refractivity contribution in [3.05, 3.63) is 103 Å². The van der Waals surface area contributed by atoms with Crippen LogP contribution in [0.5, 0.6) is 0 Å². The van der Waals surface area contributed by atoms with Gasteiger partial charge in [-0.1, -0.05) is 30.8 Å². The van der Waals surface area contributed by atoms with E-state index in [2.05, 4.69) is 47.0 Å². The van der Waals surface area contributed by atoms with Gasteiger partial charge in [-0.3, -0.25) is 48.3 Å². The number of fused-ring (bicyclic) bond motifs is 1. The van der Waals surface area contributed by atoms with Crippen LogP contribution in [0.2, 0.25) is 0 Å². The van der Waals surface area contributed by atoms with Gasteiger partial charge in [0.05, 0.1) is 79.9 Å². The zero-order chi connectivity index (χ0) is 62.6. The number of amides is 2. The molecule has 0 radical (unpaired) electrons. The quantitative estimate of drug-likeness (QED) is 0.0194. The highest BCUT2D eigenvalue weighted by atomic mass is 32.2. The number of aromatic amines is 1. The number of sulfonamides is 2. The molecule has 1 fully saturated rings. The second-order valence-corrected chi connectivity index (χ2v) is 23.9. The molecule has 1 unspecified atom stereocenters. The minimum atomic E-state index is -4.37. The molecule has 0 bridgehead atoms. The minimum Gasteiger partial charge on any atom is -0.512 e. The lowest BCUT2D eigenvalue weighted by molar-refractivity contribution is -0.139. The van der Waals surface area contributed by atoms with E-state index in [0.717, 1.165) is 11.9 Å². The minimum absolute atomic E-state index is 0.0144. The Morgan fingerprint density at radius 1 is 0.621 bits per heavy atom. The fraction of sp³-hybridized carbons (Fsp3) is 0.482. The van der Waals surface area contributed by atoms with Gasteiger partial charge in [-0.15, -0.1) is 0 Å². The van der Waals surface area contributed by atoms with Crippen LogP contribution < -0.4 is 25.4 Å². The van der Waals surface area contributed by atoms with Crippen molar-refractivity contribution in [2.75, 3.05) is 150 Å². The van der Waals surface area contributed by atoms with E-state index in [1.807, 2.05) is 9.80 Å². The van der Waals surface area contributed by atoms with Crippen molar-refractivity contribution >= 4 is 66.6 Å². The average molecular weight is 1250 g/mol. The molecule has 87 heavy (non-hydrogen) atoms. The number of carboxylic acid groups (broad SMARTS) is 3. The van der Waals surface area contributed by atoms with Gasteiger partial charge in [0.2, 0.25) is 26.0 Å². The van der Waals surface area contributed by atoms with E-state index in [1.165, 1.54) is 36.4 Å². The summed E-state index contributed by atoms with van der Waals surface area (Å²) in [6, 6.07) is 14.8. The highest BCUT2D eigenvalue weighted by Crippen LogP contribution is 2.24. The predicted octanol–water partition coefficient (Wildman–Crippen LogP) is 0.777. The molecule has 3 aromatic carbocycles. The molecule has 1 saturated heterocycles. The number of carbonyl (C=O) groups is 5. The lowest BCUT2D eigenvalue weighted by Gasteiger charge is -2.33. The van der Waals surface area contributed by atoms with Gasteiger partial charge < -0.3 is 55.6 Å². The number of carbonyl (C=O) groups excluding carboxylic acids is 2. The number of rotatable bonds is 37. The zero-order valence-corrected chi connectivity index (χ0v) is 50.0. The molecule has 1 aliphatic heterocycles. The van der Waals surface area contributed by atoms with E-state index in [-0.39, 0.29) is 73.0 Å². The summed E-state index contributed by atoms with van der Waals surface area (Å²) in [5, 5.41) is 52.3. The van der Waals surface area contributed by atoms with Crippen LogP contribution in [0.3, 0.4) is 0 Å². The smallest absolute Gasteiger partial charge is 0.323 e. The second kappa shape index (κ2) is 35.4. The molecule has 29 nitrogen and oxygen atoms in total. The van der Waals surface area contributed by atoms with Gasteiger partial charge in [-0.25, -0.2) is 26.5 Å². The second-order valence-electron chi connectivity index (χ2n) is 20.4. The number of ether oxygens (including phenoxy) is 3. The van der Waals surface area contributed by atoms with Gasteiger partial charge in [0.25, 0.3) is 5.91 Å². The van der Waals surface area contributed by atoms with Crippen LogP contribution in [-0.2, 0) is 60.0 Å². The average Bonchev–Trinajstić information content (AvgIpc) is 2.36. The van der Waals surface area contributed by atoms with Crippen LogP contribution in [-0.4, -0.2) is 257 Å². The summed E-state index contributed by atoms with van der Waals surface area (Å²) in [4.78, 5) is 75.5. The number of benzene rings is 3. The predicted molar refractivity (Wildman–Crippen MR) is 320 cm³/mol. The van der Waals surface area contributed by atoms with Crippen molar-refractivity contribution in [3.8, 4) is 11.1 Å². The maximum atomic E-state index is 13.3. The molecule has 1 aliphatic rings.